The van der Waals surface area contributed by atoms with Crippen LogP contribution in [0.15, 0.2) is 0 Å². The van der Waals surface area contributed by atoms with E-state index >= 15 is 0 Å². The van der Waals surface area contributed by atoms with Crippen molar-refractivity contribution in [1.29, 1.82) is 0 Å². The van der Waals surface area contributed by atoms with Crippen molar-refractivity contribution in [3.63, 3.8) is 0 Å². The van der Waals surface area contributed by atoms with E-state index in [0.29, 0.717) is 0 Å². The molecule has 20 heavy (non-hydrogen) atoms. The average molecular weight is 324 g/mol. The van der Waals surface area contributed by atoms with Gasteiger partial charge in [-0.15, -0.1) is 0 Å². The van der Waals surface area contributed by atoms with Gasteiger partial charge in [0.25, 0.3) is 0 Å². The van der Waals surface area contributed by atoms with Crippen molar-refractivity contribution in [1.82, 2.24) is 0 Å². The van der Waals surface area contributed by atoms with E-state index in [1.807, 2.05) is 0 Å². The van der Waals surface area contributed by atoms with Gasteiger partial charge >= 0.3 is 39.9 Å². The Bertz CT molecular complexity index is 269. The zero-order valence-electron chi connectivity index (χ0n) is 10.6. The first kappa shape index (κ1) is 31.3. The van der Waals surface area contributed by atoms with Crippen LogP contribution in [-0.2, 0) is 45.4 Å². The monoisotopic (exact) mass is 324 g/mol. The number of aliphatic hydroxyl groups is 1. The summed E-state index contributed by atoms with van der Waals surface area (Å²) in [6.07, 6.45) is 4.15. The smallest absolute Gasteiger partial charge is 0 e. The zero-order chi connectivity index (χ0) is 16.3. The van der Waals surface area contributed by atoms with E-state index in [1.165, 1.54) is 39.7 Å². The van der Waals surface area contributed by atoms with E-state index in [2.05, 4.69) is 24.7 Å². The Morgan fingerprint density at radius 1 is 1.10 bits per heavy atom. The van der Waals surface area contributed by atoms with E-state index in [9.17, 15) is 9.59 Å². The molecule has 0 aliphatic carbocycles. The first-order valence-corrected chi connectivity index (χ1v) is 4.30. The molecule has 0 aromatic carbocycles. The quantitative estimate of drug-likeness (QED) is 0.239. The minimum absolute atomic E-state index is 0. The molecule has 0 saturated heterocycles. The van der Waals surface area contributed by atoms with Crippen molar-refractivity contribution in [3.8, 4) is 0 Å². The summed E-state index contributed by atoms with van der Waals surface area (Å²) in [5, 5.41) is 8.96. The Balaban J connectivity index is -0.0000000940. The third-order valence-electron chi connectivity index (χ3n) is 1.25. The summed E-state index contributed by atoms with van der Waals surface area (Å²) in [5.74, 6) is -0.829. The van der Waals surface area contributed by atoms with Crippen LogP contribution in [0.2, 0.25) is 0 Å². The molecule has 7 nitrogen and oxygen atoms in total. The van der Waals surface area contributed by atoms with Crippen LogP contribution in [0.25, 0.3) is 0 Å². The first-order valence-electron chi connectivity index (χ1n) is 4.30. The summed E-state index contributed by atoms with van der Waals surface area (Å²) in [4.78, 5) is 21.0. The first-order chi connectivity index (χ1) is 9.07. The third-order valence-corrected chi connectivity index (χ3v) is 1.25. The van der Waals surface area contributed by atoms with Gasteiger partial charge in [-0.05, 0) is 19.8 Å². The Morgan fingerprint density at radius 3 is 1.80 bits per heavy atom. The molecule has 0 aromatic rings. The number of ketones is 1. The van der Waals surface area contributed by atoms with Crippen LogP contribution >= 0.6 is 0 Å². The molecule has 0 heterocycles. The van der Waals surface area contributed by atoms with Crippen molar-refractivity contribution in [2.75, 3.05) is 7.11 Å². The predicted octanol–water partition coefficient (Wildman–Crippen LogP) is -0.189. The Morgan fingerprint density at radius 2 is 1.50 bits per heavy atom. The number of unbranched alkanes of at least 4 members (excludes halogenated alkanes) is 1. The van der Waals surface area contributed by atoms with E-state index in [0.717, 1.165) is 0 Å². The van der Waals surface area contributed by atoms with E-state index in [4.69, 9.17) is 19.1 Å². The van der Waals surface area contributed by atoms with Gasteiger partial charge in [0.15, 0.2) is 5.78 Å². The number of hydrogen-bond donors (Lipinski definition) is 1. The molecule has 0 amide bonds. The largest absolute Gasteiger partial charge is 0 e. The van der Waals surface area contributed by atoms with E-state index in [-0.39, 0.29) is 22.9 Å². The second-order valence-corrected chi connectivity index (χ2v) is 2.32. The summed E-state index contributed by atoms with van der Waals surface area (Å²) in [6.45, 7) is 14.8. The molecule has 0 aliphatic rings. The maximum atomic E-state index is 10.5. The molecule has 0 rings (SSSR count). The van der Waals surface area contributed by atoms with Crippen LogP contribution in [0.1, 0.15) is 6.92 Å². The number of carbonyl (C=O) groups is 2. The molecule has 0 aromatic heterocycles. The van der Waals surface area contributed by atoms with Crippen molar-refractivity contribution in [2.24, 2.45) is 0 Å². The standard InChI is InChI=1S/C9H12O4.3CO.Fe/c1-7(10)8(11)5-3-4-6-9(12)13-2;3*1-2;/h3-6,8,11H,1-2H3;;;;/t8-;;;;/m0..../s1. The Labute approximate surface area is 128 Å². The van der Waals surface area contributed by atoms with E-state index in [1.54, 1.807) is 0 Å². The molecule has 0 unspecified atom stereocenters. The van der Waals surface area contributed by atoms with E-state index < -0.39 is 12.1 Å². The average Bonchev–Trinajstić information content (AvgIpc) is 2.49. The Hall–Kier alpha value is -1.16. The van der Waals surface area contributed by atoms with Gasteiger partial charge in [0, 0.05) is 23.5 Å². The van der Waals surface area contributed by atoms with Crippen LogP contribution in [0.4, 0.5) is 0 Å². The summed E-state index contributed by atoms with van der Waals surface area (Å²) < 4.78 is 26.8. The van der Waals surface area contributed by atoms with Gasteiger partial charge in [-0.1, -0.05) is 0 Å². The molecular formula is C12H12FeO7. The molecule has 4 radical (unpaired) electrons. The number of carbonyl (C=O) groups excluding carboxylic acids is 2. The molecule has 110 valence electrons. The normalized spacial score (nSPS) is 8.25. The molecule has 0 bridgehead atoms. The van der Waals surface area contributed by atoms with Gasteiger partial charge in [0.1, 0.15) is 6.10 Å². The number of methoxy groups -OCH3 is 1. The van der Waals surface area contributed by atoms with Crippen LogP contribution in [-0.4, -0.2) is 30.1 Å². The predicted molar refractivity (Wildman–Crippen MR) is 57.7 cm³/mol. The van der Waals surface area contributed by atoms with Gasteiger partial charge < -0.3 is 9.84 Å². The molecule has 8 heteroatoms. The van der Waals surface area contributed by atoms with Crippen molar-refractivity contribution in [2.45, 2.75) is 13.0 Å². The second-order valence-electron chi connectivity index (χ2n) is 2.32. The maximum Gasteiger partial charge on any atom is 0 e. The molecule has 0 fully saturated rings. The number of aliphatic hydroxyl groups excluding tert-OH is 1. The van der Waals surface area contributed by atoms with Crippen LogP contribution in [0.3, 0.4) is 0 Å². The van der Waals surface area contributed by atoms with Crippen molar-refractivity contribution < 1.29 is 50.5 Å². The second kappa shape index (κ2) is 30.7. The van der Waals surface area contributed by atoms with Crippen LogP contribution in [0.5, 0.6) is 0 Å². The van der Waals surface area contributed by atoms with Gasteiger partial charge in [-0.3, -0.25) is 9.59 Å². The summed E-state index contributed by atoms with van der Waals surface area (Å²) in [7, 11) is 1.26. The van der Waals surface area contributed by atoms with Gasteiger partial charge in [0.05, 0.1) is 13.5 Å². The number of ether oxygens (including phenoxy) is 1. The van der Waals surface area contributed by atoms with Crippen molar-refractivity contribution in [3.05, 3.63) is 45.6 Å². The zero-order valence-corrected chi connectivity index (χ0v) is 11.7. The fraction of sp³-hybridized carbons (Fsp3) is 0.250. The third kappa shape index (κ3) is 30.1. The SMILES string of the molecule is COC(=O)[CH][CH][CH][CH][C@H](O)C(C)=O.[C-]#[O+].[C-]#[O+].[C-]#[O+].[Fe]. The van der Waals surface area contributed by atoms with Gasteiger partial charge in [-0.2, -0.15) is 0 Å². The fourth-order valence-corrected chi connectivity index (χ4v) is 0.507. The molecule has 1 atom stereocenters. The minimum atomic E-state index is -1.11. The van der Waals surface area contributed by atoms with Crippen LogP contribution < -0.4 is 0 Å². The van der Waals surface area contributed by atoms with Crippen LogP contribution in [0, 0.1) is 45.6 Å². The number of rotatable bonds is 6. The van der Waals surface area contributed by atoms with Gasteiger partial charge in [-0.25, -0.2) is 0 Å². The molecule has 0 spiro atoms. The molecule has 0 saturated carbocycles. The summed E-state index contributed by atoms with van der Waals surface area (Å²) in [6, 6.07) is 0. The fourth-order valence-electron chi connectivity index (χ4n) is 0.507. The topological polar surface area (TPSA) is 123 Å². The Kier molecular flexibility index (Phi) is 48.0. The molecular weight excluding hydrogens is 312 g/mol. The number of Topliss-reactive ketones (excluding diaryl/α,β-unsaturated/α-hetero) is 1. The van der Waals surface area contributed by atoms with Gasteiger partial charge in [0.2, 0.25) is 0 Å². The summed E-state index contributed by atoms with van der Waals surface area (Å²) in [5.41, 5.74) is 0. The van der Waals surface area contributed by atoms with Crippen molar-refractivity contribution >= 4 is 11.8 Å². The number of hydrogen-bond acceptors (Lipinski definition) is 4. The molecule has 1 N–H and O–H groups in total. The number of esters is 1. The summed E-state index contributed by atoms with van der Waals surface area (Å²) >= 11 is 0. The minimum Gasteiger partial charge on any atom is 0 e. The maximum absolute atomic E-state index is 10.5. The molecule has 0 aliphatic heterocycles.